The molecule has 3 aromatic carbocycles. The van der Waals surface area contributed by atoms with Crippen molar-refractivity contribution in [3.05, 3.63) is 78.1 Å². The summed E-state index contributed by atoms with van der Waals surface area (Å²) in [5.41, 5.74) is 3.10. The highest BCUT2D eigenvalue weighted by Crippen LogP contribution is 2.21. The molecule has 0 saturated carbocycles. The topological polar surface area (TPSA) is 50.7 Å². The summed E-state index contributed by atoms with van der Waals surface area (Å²) in [5, 5.41) is 6.01. The maximum atomic E-state index is 12.8. The molecule has 4 nitrogen and oxygen atoms in total. The first-order chi connectivity index (χ1) is 12.1. The molecule has 0 radical (unpaired) electrons. The SMILES string of the molecule is CC(Oc1ccc2ccccc2c1)C(=O)N/N=C/c1ccc(F)cc1. The molecule has 0 bridgehead atoms. The van der Waals surface area contributed by atoms with Crippen molar-refractivity contribution < 1.29 is 13.9 Å². The number of nitrogens with one attached hydrogen (secondary N) is 1. The summed E-state index contributed by atoms with van der Waals surface area (Å²) in [7, 11) is 0. The number of ether oxygens (including phenoxy) is 1. The van der Waals surface area contributed by atoms with Gasteiger partial charge in [-0.05, 0) is 47.5 Å². The van der Waals surface area contributed by atoms with E-state index in [1.165, 1.54) is 18.3 Å². The number of hydrogen-bond donors (Lipinski definition) is 1. The molecule has 0 saturated heterocycles. The first-order valence-corrected chi connectivity index (χ1v) is 7.86. The molecule has 126 valence electrons. The molecule has 1 N–H and O–H groups in total. The van der Waals surface area contributed by atoms with Crippen LogP contribution in [0.15, 0.2) is 71.8 Å². The lowest BCUT2D eigenvalue weighted by atomic mass is 10.1. The van der Waals surface area contributed by atoms with E-state index in [1.807, 2.05) is 42.5 Å². The van der Waals surface area contributed by atoms with Crippen LogP contribution in [0.3, 0.4) is 0 Å². The lowest BCUT2D eigenvalue weighted by molar-refractivity contribution is -0.127. The molecular formula is C20H17FN2O2. The van der Waals surface area contributed by atoms with Crippen LogP contribution in [0.2, 0.25) is 0 Å². The van der Waals surface area contributed by atoms with Crippen LogP contribution in [0.5, 0.6) is 5.75 Å². The van der Waals surface area contributed by atoms with Gasteiger partial charge in [0.15, 0.2) is 6.10 Å². The minimum atomic E-state index is -0.702. The zero-order valence-electron chi connectivity index (χ0n) is 13.6. The predicted octanol–water partition coefficient (Wildman–Crippen LogP) is 3.90. The third kappa shape index (κ3) is 4.41. The molecule has 0 fully saturated rings. The van der Waals surface area contributed by atoms with Crippen molar-refractivity contribution in [2.45, 2.75) is 13.0 Å². The number of halogens is 1. The Hall–Kier alpha value is -3.21. The maximum Gasteiger partial charge on any atom is 0.280 e. The second-order valence-corrected chi connectivity index (χ2v) is 5.55. The summed E-state index contributed by atoms with van der Waals surface area (Å²) in [5.74, 6) is -0.0750. The number of hydrazone groups is 1. The normalized spacial score (nSPS) is 12.2. The average molecular weight is 336 g/mol. The highest BCUT2D eigenvalue weighted by Gasteiger charge is 2.14. The Morgan fingerprint density at radius 1 is 1.08 bits per heavy atom. The van der Waals surface area contributed by atoms with Crippen molar-refractivity contribution >= 4 is 22.9 Å². The van der Waals surface area contributed by atoms with Gasteiger partial charge in [0.05, 0.1) is 6.21 Å². The molecule has 1 unspecified atom stereocenters. The zero-order valence-corrected chi connectivity index (χ0v) is 13.6. The minimum Gasteiger partial charge on any atom is -0.481 e. The summed E-state index contributed by atoms with van der Waals surface area (Å²) in [6.45, 7) is 1.65. The van der Waals surface area contributed by atoms with E-state index in [0.717, 1.165) is 10.8 Å². The molecule has 25 heavy (non-hydrogen) atoms. The summed E-state index contributed by atoms with van der Waals surface area (Å²) >= 11 is 0. The van der Waals surface area contributed by atoms with Gasteiger partial charge >= 0.3 is 0 Å². The smallest absolute Gasteiger partial charge is 0.280 e. The maximum absolute atomic E-state index is 12.8. The van der Waals surface area contributed by atoms with Crippen LogP contribution in [0, 0.1) is 5.82 Å². The van der Waals surface area contributed by atoms with Crippen molar-refractivity contribution in [1.82, 2.24) is 5.43 Å². The van der Waals surface area contributed by atoms with Gasteiger partial charge in [-0.3, -0.25) is 4.79 Å². The Balaban J connectivity index is 1.58. The van der Waals surface area contributed by atoms with E-state index in [-0.39, 0.29) is 11.7 Å². The minimum absolute atomic E-state index is 0.321. The number of hydrogen-bond acceptors (Lipinski definition) is 3. The Morgan fingerprint density at radius 2 is 1.80 bits per heavy atom. The number of fused-ring (bicyclic) bond motifs is 1. The Bertz CT molecular complexity index is 907. The van der Waals surface area contributed by atoms with E-state index in [1.54, 1.807) is 19.1 Å². The summed E-state index contributed by atoms with van der Waals surface area (Å²) in [6.07, 6.45) is 0.742. The standard InChI is InChI=1S/C20H17FN2O2/c1-14(20(24)23-22-13-15-6-9-18(21)10-7-15)25-19-11-8-16-4-2-3-5-17(16)12-19/h2-14H,1H3,(H,23,24)/b22-13+. The average Bonchev–Trinajstić information content (AvgIpc) is 2.63. The molecule has 0 aromatic heterocycles. The largest absolute Gasteiger partial charge is 0.481 e. The molecule has 0 aliphatic heterocycles. The first-order valence-electron chi connectivity index (χ1n) is 7.86. The molecule has 0 aliphatic rings. The van der Waals surface area contributed by atoms with Crippen LogP contribution in [0.25, 0.3) is 10.8 Å². The van der Waals surface area contributed by atoms with E-state index < -0.39 is 6.10 Å². The number of amides is 1. The van der Waals surface area contributed by atoms with Crippen LogP contribution in [-0.2, 0) is 4.79 Å². The van der Waals surface area contributed by atoms with Gasteiger partial charge in [-0.2, -0.15) is 5.10 Å². The quantitative estimate of drug-likeness (QED) is 0.567. The van der Waals surface area contributed by atoms with Gasteiger partial charge in [0, 0.05) is 0 Å². The fourth-order valence-electron chi connectivity index (χ4n) is 2.31. The van der Waals surface area contributed by atoms with Crippen LogP contribution in [0.4, 0.5) is 4.39 Å². The van der Waals surface area contributed by atoms with Crippen molar-refractivity contribution in [2.75, 3.05) is 0 Å². The fraction of sp³-hybridized carbons (Fsp3) is 0.100. The Morgan fingerprint density at radius 3 is 2.56 bits per heavy atom. The number of benzene rings is 3. The molecule has 1 amide bonds. The van der Waals surface area contributed by atoms with E-state index in [2.05, 4.69) is 10.5 Å². The van der Waals surface area contributed by atoms with Gasteiger partial charge < -0.3 is 4.74 Å². The van der Waals surface area contributed by atoms with Crippen LogP contribution in [0.1, 0.15) is 12.5 Å². The Kier molecular flexibility index (Phi) is 5.04. The van der Waals surface area contributed by atoms with Crippen molar-refractivity contribution in [1.29, 1.82) is 0 Å². The lowest BCUT2D eigenvalue weighted by Crippen LogP contribution is -2.33. The first kappa shape index (κ1) is 16.6. The monoisotopic (exact) mass is 336 g/mol. The van der Waals surface area contributed by atoms with Gasteiger partial charge in [0.1, 0.15) is 11.6 Å². The number of carbonyl (C=O) groups excluding carboxylic acids is 1. The molecule has 0 spiro atoms. The number of carbonyl (C=O) groups is 1. The highest BCUT2D eigenvalue weighted by atomic mass is 19.1. The van der Waals surface area contributed by atoms with Crippen molar-refractivity contribution in [3.63, 3.8) is 0 Å². The van der Waals surface area contributed by atoms with E-state index in [9.17, 15) is 9.18 Å². The summed E-state index contributed by atoms with van der Waals surface area (Å²) in [6, 6.07) is 19.4. The number of rotatable bonds is 5. The van der Waals surface area contributed by atoms with Gasteiger partial charge in [0.2, 0.25) is 0 Å². The van der Waals surface area contributed by atoms with E-state index in [4.69, 9.17) is 4.74 Å². The molecular weight excluding hydrogens is 319 g/mol. The van der Waals surface area contributed by atoms with Crippen molar-refractivity contribution in [3.8, 4) is 5.75 Å². The second kappa shape index (κ2) is 7.57. The summed E-state index contributed by atoms with van der Waals surface area (Å²) < 4.78 is 18.5. The van der Waals surface area contributed by atoms with Gasteiger partial charge in [-0.25, -0.2) is 9.82 Å². The van der Waals surface area contributed by atoms with Gasteiger partial charge in [-0.1, -0.05) is 42.5 Å². The van der Waals surface area contributed by atoms with Crippen LogP contribution < -0.4 is 10.2 Å². The molecule has 1 atom stereocenters. The van der Waals surface area contributed by atoms with Crippen molar-refractivity contribution in [2.24, 2.45) is 5.10 Å². The van der Waals surface area contributed by atoms with E-state index >= 15 is 0 Å². The second-order valence-electron chi connectivity index (χ2n) is 5.55. The molecule has 5 heteroatoms. The molecule has 3 aromatic rings. The molecule has 0 aliphatic carbocycles. The lowest BCUT2D eigenvalue weighted by Gasteiger charge is -2.13. The summed E-state index contributed by atoms with van der Waals surface area (Å²) in [4.78, 5) is 12.0. The zero-order chi connectivity index (χ0) is 17.6. The van der Waals surface area contributed by atoms with Gasteiger partial charge in [0.25, 0.3) is 5.91 Å². The molecule has 3 rings (SSSR count). The highest BCUT2D eigenvalue weighted by molar-refractivity contribution is 5.85. The van der Waals surface area contributed by atoms with E-state index in [0.29, 0.717) is 11.3 Å². The van der Waals surface area contributed by atoms with Crippen LogP contribution >= 0.6 is 0 Å². The third-order valence-electron chi connectivity index (χ3n) is 3.66. The van der Waals surface area contributed by atoms with Crippen LogP contribution in [-0.4, -0.2) is 18.2 Å². The predicted molar refractivity (Wildman–Crippen MR) is 96.2 cm³/mol. The fourth-order valence-corrected chi connectivity index (χ4v) is 2.31. The number of nitrogens with zero attached hydrogens (tertiary/aromatic N) is 1. The third-order valence-corrected chi connectivity index (χ3v) is 3.66. The molecule has 0 heterocycles. The van der Waals surface area contributed by atoms with Gasteiger partial charge in [-0.15, -0.1) is 0 Å². The Labute approximate surface area is 144 Å².